The third-order valence-corrected chi connectivity index (χ3v) is 12.8. The average Bonchev–Trinajstić information content (AvgIpc) is 4.09. The van der Waals surface area contributed by atoms with Gasteiger partial charge in [-0.05, 0) is 36.4 Å². The van der Waals surface area contributed by atoms with Gasteiger partial charge in [-0.3, -0.25) is 4.57 Å². The molecule has 0 amide bonds. The molecule has 0 aliphatic heterocycles. The number of hydrogen-bond donors (Lipinski definition) is 0. The minimum Gasteiger partial charge on any atom is -0.455 e. The van der Waals surface area contributed by atoms with E-state index in [0.717, 1.165) is 103 Å². The van der Waals surface area contributed by atoms with Crippen LogP contribution in [0.4, 0.5) is 0 Å². The van der Waals surface area contributed by atoms with Crippen molar-refractivity contribution >= 4 is 87.1 Å². The molecule has 5 heterocycles. The van der Waals surface area contributed by atoms with E-state index in [0.29, 0.717) is 17.6 Å². The normalized spacial score (nSPS) is 12.0. The fraction of sp³-hybridized carbons (Fsp3) is 0. The number of para-hydroxylation sites is 4. The molecule has 0 aliphatic rings. The predicted molar refractivity (Wildman–Crippen MR) is 245 cm³/mol. The first kappa shape index (κ1) is 33.1. The molecule has 0 spiro atoms. The highest BCUT2D eigenvalue weighted by Crippen LogP contribution is 2.44. The summed E-state index contributed by atoms with van der Waals surface area (Å²) in [6, 6.07) is 63.1. The highest BCUT2D eigenvalue weighted by atomic mass is 32.1. The number of hydrogen-bond acceptors (Lipinski definition) is 6. The molecule has 0 N–H and O–H groups in total. The molecule has 5 aromatic heterocycles. The van der Waals surface area contributed by atoms with E-state index in [1.807, 2.05) is 60.7 Å². The van der Waals surface area contributed by atoms with Crippen molar-refractivity contribution in [2.45, 2.75) is 0 Å². The van der Waals surface area contributed by atoms with Crippen LogP contribution in [0.3, 0.4) is 0 Å². The van der Waals surface area contributed by atoms with E-state index in [-0.39, 0.29) is 0 Å². The van der Waals surface area contributed by atoms with Crippen LogP contribution < -0.4 is 0 Å². The molecule has 0 unspecified atom stereocenters. The lowest BCUT2D eigenvalue weighted by Crippen LogP contribution is -2.07. The van der Waals surface area contributed by atoms with Crippen LogP contribution >= 0.6 is 11.3 Å². The predicted octanol–water partition coefficient (Wildman–Crippen LogP) is 13.6. The first-order chi connectivity index (χ1) is 29.8. The Kier molecular flexibility index (Phi) is 7.05. The molecule has 8 aromatic carbocycles. The fourth-order valence-corrected chi connectivity index (χ4v) is 10.1. The van der Waals surface area contributed by atoms with Crippen LogP contribution in [0.15, 0.2) is 186 Å². The molecule has 0 bridgehead atoms. The summed E-state index contributed by atoms with van der Waals surface area (Å²) in [5, 5.41) is 7.56. The van der Waals surface area contributed by atoms with Crippen LogP contribution in [0.5, 0.6) is 0 Å². The van der Waals surface area contributed by atoms with Crippen molar-refractivity contribution in [3.63, 3.8) is 0 Å². The summed E-state index contributed by atoms with van der Waals surface area (Å²) in [6.45, 7) is 0. The summed E-state index contributed by atoms with van der Waals surface area (Å²) < 4.78 is 12.3. The maximum absolute atomic E-state index is 6.56. The summed E-state index contributed by atoms with van der Waals surface area (Å²) >= 11 is 1.72. The monoisotopic (exact) mass is 786 g/mol. The molecule has 0 aliphatic carbocycles. The summed E-state index contributed by atoms with van der Waals surface area (Å²) in [4.78, 5) is 21.1. The highest BCUT2D eigenvalue weighted by molar-refractivity contribution is 7.22. The number of thiazole rings is 1. The third-order valence-electron chi connectivity index (χ3n) is 11.6. The number of fused-ring (bicyclic) bond motifs is 11. The van der Waals surface area contributed by atoms with Gasteiger partial charge in [0.2, 0.25) is 5.95 Å². The lowest BCUT2D eigenvalue weighted by atomic mass is 10.1. The summed E-state index contributed by atoms with van der Waals surface area (Å²) in [5.74, 6) is 1.63. The molecular formula is C52H30N6OS. The van der Waals surface area contributed by atoms with E-state index in [9.17, 15) is 0 Å². The molecule has 0 radical (unpaired) electrons. The average molecular weight is 787 g/mol. The van der Waals surface area contributed by atoms with Crippen molar-refractivity contribution in [3.05, 3.63) is 182 Å². The second kappa shape index (κ2) is 12.8. The Balaban J connectivity index is 1.16. The minimum atomic E-state index is 0.518. The van der Waals surface area contributed by atoms with Crippen molar-refractivity contribution in [2.24, 2.45) is 0 Å². The lowest BCUT2D eigenvalue weighted by Gasteiger charge is -2.13. The van der Waals surface area contributed by atoms with Gasteiger partial charge in [0.25, 0.3) is 0 Å². The standard InChI is InChI=1S/C52H30N6OS/c1-3-15-31(16-4-1)49-54-50(39-23-13-22-38-35-21-9-12-28-44(35)59-47(38)39)56-52(55-49)58-42-26-11-8-20-34(42)37-30-29-36-33-19-7-10-25-41(33)57(45(36)46(37)58)43-27-14-24-40-48(43)60-51(53-40)32-17-5-2-6-18-32/h1-30H. The first-order valence-electron chi connectivity index (χ1n) is 19.9. The summed E-state index contributed by atoms with van der Waals surface area (Å²) in [6.07, 6.45) is 0. The second-order valence-corrected chi connectivity index (χ2v) is 16.0. The number of aromatic nitrogens is 6. The van der Waals surface area contributed by atoms with Crippen molar-refractivity contribution in [1.82, 2.24) is 29.1 Å². The largest absolute Gasteiger partial charge is 0.455 e. The van der Waals surface area contributed by atoms with Crippen LogP contribution in [0.1, 0.15) is 0 Å². The number of benzene rings is 8. The van der Waals surface area contributed by atoms with E-state index in [2.05, 4.69) is 130 Å². The quantitative estimate of drug-likeness (QED) is 0.174. The van der Waals surface area contributed by atoms with Crippen molar-refractivity contribution in [3.8, 4) is 45.0 Å². The lowest BCUT2D eigenvalue weighted by molar-refractivity contribution is 0.669. The zero-order chi connectivity index (χ0) is 39.3. The maximum Gasteiger partial charge on any atom is 0.238 e. The molecule has 0 saturated carbocycles. The van der Waals surface area contributed by atoms with Gasteiger partial charge in [-0.2, -0.15) is 9.97 Å². The van der Waals surface area contributed by atoms with Gasteiger partial charge in [0.05, 0.1) is 43.5 Å². The Bertz CT molecular complexity index is 3840. The van der Waals surface area contributed by atoms with Gasteiger partial charge in [0.1, 0.15) is 16.2 Å². The van der Waals surface area contributed by atoms with Crippen LogP contribution in [0, 0.1) is 0 Å². The molecule has 8 heteroatoms. The van der Waals surface area contributed by atoms with Gasteiger partial charge in [0, 0.05) is 43.4 Å². The summed E-state index contributed by atoms with van der Waals surface area (Å²) in [5.41, 5.74) is 10.6. The Morgan fingerprint density at radius 1 is 0.417 bits per heavy atom. The fourth-order valence-electron chi connectivity index (χ4n) is 9.00. The van der Waals surface area contributed by atoms with Gasteiger partial charge >= 0.3 is 0 Å². The van der Waals surface area contributed by atoms with Crippen LogP contribution in [0.2, 0.25) is 0 Å². The van der Waals surface area contributed by atoms with E-state index < -0.39 is 0 Å². The molecule has 60 heavy (non-hydrogen) atoms. The smallest absolute Gasteiger partial charge is 0.238 e. The number of nitrogens with zero attached hydrogens (tertiary/aromatic N) is 6. The molecule has 7 nitrogen and oxygen atoms in total. The Hall–Kier alpha value is -7.94. The highest BCUT2D eigenvalue weighted by Gasteiger charge is 2.25. The Labute approximate surface area is 346 Å². The van der Waals surface area contributed by atoms with E-state index in [4.69, 9.17) is 24.4 Å². The Morgan fingerprint density at radius 2 is 1.02 bits per heavy atom. The van der Waals surface area contributed by atoms with Gasteiger partial charge < -0.3 is 8.98 Å². The second-order valence-electron chi connectivity index (χ2n) is 15.0. The molecule has 0 atom stereocenters. The van der Waals surface area contributed by atoms with Gasteiger partial charge in [0.15, 0.2) is 11.6 Å². The zero-order valence-corrected chi connectivity index (χ0v) is 32.6. The topological polar surface area (TPSA) is 74.6 Å². The van der Waals surface area contributed by atoms with Gasteiger partial charge in [-0.25, -0.2) is 9.97 Å². The first-order valence-corrected chi connectivity index (χ1v) is 20.7. The van der Waals surface area contributed by atoms with Crippen molar-refractivity contribution in [1.29, 1.82) is 0 Å². The van der Waals surface area contributed by atoms with Gasteiger partial charge in [-0.15, -0.1) is 11.3 Å². The summed E-state index contributed by atoms with van der Waals surface area (Å²) in [7, 11) is 0. The van der Waals surface area contributed by atoms with Crippen molar-refractivity contribution in [2.75, 3.05) is 0 Å². The van der Waals surface area contributed by atoms with E-state index >= 15 is 0 Å². The molecule has 0 saturated heterocycles. The van der Waals surface area contributed by atoms with E-state index in [1.54, 1.807) is 11.3 Å². The molecule has 13 rings (SSSR count). The van der Waals surface area contributed by atoms with Gasteiger partial charge in [-0.1, -0.05) is 146 Å². The third kappa shape index (κ3) is 4.82. The maximum atomic E-state index is 6.56. The SMILES string of the molecule is c1ccc(-c2nc(-c3cccc4c3oc3ccccc34)nc(-n3c4ccccc4c4ccc5c6ccccc6n(-c6cccc7nc(-c8ccccc8)sc67)c5c43)n2)cc1. The Morgan fingerprint density at radius 3 is 1.78 bits per heavy atom. The minimum absolute atomic E-state index is 0.518. The molecular weight excluding hydrogens is 757 g/mol. The van der Waals surface area contributed by atoms with E-state index in [1.165, 1.54) is 0 Å². The van der Waals surface area contributed by atoms with Crippen LogP contribution in [-0.4, -0.2) is 29.1 Å². The van der Waals surface area contributed by atoms with Crippen molar-refractivity contribution < 1.29 is 4.42 Å². The van der Waals surface area contributed by atoms with Crippen LogP contribution in [0.25, 0.3) is 121 Å². The molecule has 0 fully saturated rings. The molecule has 13 aromatic rings. The number of rotatable bonds is 5. The zero-order valence-electron chi connectivity index (χ0n) is 31.8. The van der Waals surface area contributed by atoms with Crippen LogP contribution in [-0.2, 0) is 0 Å². The molecule has 280 valence electrons. The number of furan rings is 1.